The highest BCUT2D eigenvalue weighted by Crippen LogP contribution is 2.50. The highest BCUT2D eigenvalue weighted by molar-refractivity contribution is 7.89. The Labute approximate surface area is 110 Å². The number of nitrogens with zero attached hydrogens (tertiary/aromatic N) is 1. The SMILES string of the molecule is COC(=O)[C@@H](C)CS(=O)(=O)N(C)[C@@H](C)C1(C)CC1. The summed E-state index contributed by atoms with van der Waals surface area (Å²) in [7, 11) is -0.567. The molecule has 2 atom stereocenters. The maximum absolute atomic E-state index is 12.2. The Kier molecular flexibility index (Phi) is 4.43. The lowest BCUT2D eigenvalue weighted by molar-refractivity contribution is -0.144. The number of rotatable bonds is 6. The molecule has 1 saturated carbocycles. The number of hydrogen-bond acceptors (Lipinski definition) is 4. The number of hydrogen-bond donors (Lipinski definition) is 0. The van der Waals surface area contributed by atoms with Crippen LogP contribution in [0.15, 0.2) is 0 Å². The third kappa shape index (κ3) is 3.23. The number of methoxy groups -OCH3 is 1. The lowest BCUT2D eigenvalue weighted by Crippen LogP contribution is -2.42. The number of ether oxygens (including phenoxy) is 1. The van der Waals surface area contributed by atoms with Gasteiger partial charge in [0.15, 0.2) is 0 Å². The number of sulfonamides is 1. The molecule has 1 rings (SSSR count). The molecule has 1 aliphatic rings. The summed E-state index contributed by atoms with van der Waals surface area (Å²) in [4.78, 5) is 11.3. The minimum Gasteiger partial charge on any atom is -0.469 e. The van der Waals surface area contributed by atoms with E-state index >= 15 is 0 Å². The van der Waals surface area contributed by atoms with Gasteiger partial charge in [-0.1, -0.05) is 13.8 Å². The van der Waals surface area contributed by atoms with Crippen molar-refractivity contribution in [3.63, 3.8) is 0 Å². The average molecular weight is 277 g/mol. The van der Waals surface area contributed by atoms with Gasteiger partial charge >= 0.3 is 5.97 Å². The first kappa shape index (κ1) is 15.4. The van der Waals surface area contributed by atoms with Crippen LogP contribution in [0.2, 0.25) is 0 Å². The summed E-state index contributed by atoms with van der Waals surface area (Å²) in [5, 5.41) is 0. The Morgan fingerprint density at radius 1 is 1.39 bits per heavy atom. The Hall–Kier alpha value is -0.620. The molecular formula is C12H23NO4S. The fourth-order valence-corrected chi connectivity index (χ4v) is 3.74. The standard InChI is InChI=1S/C12H23NO4S/c1-9(11(14)17-5)8-18(15,16)13(4)10(2)12(3)6-7-12/h9-10H,6-8H2,1-5H3/t9-,10-/m0/s1. The first-order valence-corrected chi connectivity index (χ1v) is 7.78. The molecule has 0 N–H and O–H groups in total. The molecule has 5 nitrogen and oxygen atoms in total. The molecule has 0 bridgehead atoms. The number of carbonyl (C=O) groups excluding carboxylic acids is 1. The molecular weight excluding hydrogens is 254 g/mol. The van der Waals surface area contributed by atoms with E-state index in [9.17, 15) is 13.2 Å². The maximum atomic E-state index is 12.2. The van der Waals surface area contributed by atoms with Crippen LogP contribution in [0.3, 0.4) is 0 Å². The zero-order valence-electron chi connectivity index (χ0n) is 11.8. The van der Waals surface area contributed by atoms with E-state index in [2.05, 4.69) is 11.7 Å². The molecule has 0 unspecified atom stereocenters. The van der Waals surface area contributed by atoms with Crippen molar-refractivity contribution in [1.82, 2.24) is 4.31 Å². The molecule has 1 fully saturated rings. The summed E-state index contributed by atoms with van der Waals surface area (Å²) < 4.78 is 30.3. The molecule has 6 heteroatoms. The van der Waals surface area contributed by atoms with Crippen molar-refractivity contribution >= 4 is 16.0 Å². The topological polar surface area (TPSA) is 63.7 Å². The van der Waals surface area contributed by atoms with Gasteiger partial charge in [0.2, 0.25) is 10.0 Å². The van der Waals surface area contributed by atoms with Crippen LogP contribution in [-0.2, 0) is 19.6 Å². The zero-order chi connectivity index (χ0) is 14.1. The molecule has 0 aromatic heterocycles. The van der Waals surface area contributed by atoms with Crippen molar-refractivity contribution in [3.8, 4) is 0 Å². The molecule has 1 aliphatic carbocycles. The van der Waals surface area contributed by atoms with Crippen LogP contribution in [-0.4, -0.2) is 44.6 Å². The van der Waals surface area contributed by atoms with Crippen molar-refractivity contribution in [3.05, 3.63) is 0 Å². The number of esters is 1. The summed E-state index contributed by atoms with van der Waals surface area (Å²) in [6.45, 7) is 5.58. The van der Waals surface area contributed by atoms with E-state index in [1.54, 1.807) is 14.0 Å². The van der Waals surface area contributed by atoms with Crippen LogP contribution in [0, 0.1) is 11.3 Å². The van der Waals surface area contributed by atoms with Crippen molar-refractivity contribution in [2.24, 2.45) is 11.3 Å². The molecule has 0 radical (unpaired) electrons. The van der Waals surface area contributed by atoms with Crippen molar-refractivity contribution in [2.45, 2.75) is 39.7 Å². The van der Waals surface area contributed by atoms with Crippen LogP contribution in [0.1, 0.15) is 33.6 Å². The molecule has 0 saturated heterocycles. The minimum absolute atomic E-state index is 0.0349. The Morgan fingerprint density at radius 3 is 2.28 bits per heavy atom. The van der Waals surface area contributed by atoms with Crippen LogP contribution in [0.25, 0.3) is 0 Å². The highest BCUT2D eigenvalue weighted by atomic mass is 32.2. The van der Waals surface area contributed by atoms with E-state index < -0.39 is 21.9 Å². The van der Waals surface area contributed by atoms with Gasteiger partial charge in [0, 0.05) is 13.1 Å². The van der Waals surface area contributed by atoms with Gasteiger partial charge in [-0.2, -0.15) is 0 Å². The van der Waals surface area contributed by atoms with E-state index in [4.69, 9.17) is 0 Å². The molecule has 0 aliphatic heterocycles. The Morgan fingerprint density at radius 2 is 1.89 bits per heavy atom. The summed E-state index contributed by atoms with van der Waals surface area (Å²) in [5.41, 5.74) is 0.0936. The van der Waals surface area contributed by atoms with Crippen LogP contribution in [0.4, 0.5) is 0 Å². The number of carbonyl (C=O) groups is 1. The van der Waals surface area contributed by atoms with Gasteiger partial charge in [-0.25, -0.2) is 12.7 Å². The van der Waals surface area contributed by atoms with Gasteiger partial charge in [0.05, 0.1) is 18.8 Å². The predicted molar refractivity (Wildman–Crippen MR) is 69.5 cm³/mol. The van der Waals surface area contributed by atoms with Crippen molar-refractivity contribution < 1.29 is 17.9 Å². The first-order chi connectivity index (χ1) is 8.14. The van der Waals surface area contributed by atoms with E-state index in [0.717, 1.165) is 12.8 Å². The summed E-state index contributed by atoms with van der Waals surface area (Å²) in [6, 6.07) is -0.0349. The molecule has 0 heterocycles. The molecule has 0 spiro atoms. The molecule has 0 aromatic rings. The highest BCUT2D eigenvalue weighted by Gasteiger charge is 2.46. The molecule has 0 amide bonds. The summed E-state index contributed by atoms with van der Waals surface area (Å²) >= 11 is 0. The van der Waals surface area contributed by atoms with Crippen LogP contribution >= 0.6 is 0 Å². The fraction of sp³-hybridized carbons (Fsp3) is 0.917. The molecule has 106 valence electrons. The lowest BCUT2D eigenvalue weighted by atomic mass is 10.0. The average Bonchev–Trinajstić information content (AvgIpc) is 3.04. The molecule has 18 heavy (non-hydrogen) atoms. The van der Waals surface area contributed by atoms with Gasteiger partial charge in [-0.05, 0) is 25.2 Å². The Balaban J connectivity index is 2.71. The third-order valence-corrected chi connectivity index (χ3v) is 6.21. The monoisotopic (exact) mass is 277 g/mol. The minimum atomic E-state index is -3.42. The summed E-state index contributed by atoms with van der Waals surface area (Å²) in [5.74, 6) is -1.32. The van der Waals surface area contributed by atoms with Gasteiger partial charge in [0.25, 0.3) is 0 Å². The second-order valence-electron chi connectivity index (χ2n) is 5.55. The smallest absolute Gasteiger partial charge is 0.309 e. The van der Waals surface area contributed by atoms with Gasteiger partial charge < -0.3 is 4.74 Å². The normalized spacial score (nSPS) is 21.4. The van der Waals surface area contributed by atoms with E-state index in [1.807, 2.05) is 6.92 Å². The molecule has 0 aromatic carbocycles. The quantitative estimate of drug-likeness (QED) is 0.685. The third-order valence-electron chi connectivity index (χ3n) is 4.10. The Bertz CT molecular complexity index is 414. The van der Waals surface area contributed by atoms with Crippen LogP contribution < -0.4 is 0 Å². The zero-order valence-corrected chi connectivity index (χ0v) is 12.6. The predicted octanol–water partition coefficient (Wildman–Crippen LogP) is 1.25. The largest absolute Gasteiger partial charge is 0.469 e. The van der Waals surface area contributed by atoms with E-state index in [0.29, 0.717) is 0 Å². The van der Waals surface area contributed by atoms with Gasteiger partial charge in [-0.3, -0.25) is 4.79 Å². The van der Waals surface area contributed by atoms with Crippen molar-refractivity contribution in [1.29, 1.82) is 0 Å². The fourth-order valence-electron chi connectivity index (χ4n) is 2.00. The summed E-state index contributed by atoms with van der Waals surface area (Å²) in [6.07, 6.45) is 2.11. The maximum Gasteiger partial charge on any atom is 0.309 e. The van der Waals surface area contributed by atoms with Gasteiger partial charge in [0.1, 0.15) is 0 Å². The first-order valence-electron chi connectivity index (χ1n) is 6.17. The van der Waals surface area contributed by atoms with Gasteiger partial charge in [-0.15, -0.1) is 0 Å². The lowest BCUT2D eigenvalue weighted by Gasteiger charge is -2.29. The van der Waals surface area contributed by atoms with E-state index in [1.165, 1.54) is 11.4 Å². The van der Waals surface area contributed by atoms with E-state index in [-0.39, 0.29) is 17.2 Å². The van der Waals surface area contributed by atoms with Crippen LogP contribution in [0.5, 0.6) is 0 Å². The second-order valence-corrected chi connectivity index (χ2v) is 7.62. The van der Waals surface area contributed by atoms with Crippen molar-refractivity contribution in [2.75, 3.05) is 19.9 Å². The second kappa shape index (κ2) is 5.17.